The summed E-state index contributed by atoms with van der Waals surface area (Å²) in [7, 11) is 0. The van der Waals surface area contributed by atoms with Gasteiger partial charge in [-0.05, 0) is 89.9 Å². The molecule has 0 aromatic rings. The first-order valence-corrected chi connectivity index (χ1v) is 27.3. The van der Waals surface area contributed by atoms with Crippen LogP contribution in [0.15, 0.2) is 97.2 Å². The molecule has 0 aromatic carbocycles. The van der Waals surface area contributed by atoms with Crippen LogP contribution in [0.2, 0.25) is 0 Å². The van der Waals surface area contributed by atoms with Crippen LogP contribution in [0.4, 0.5) is 0 Å². The molecule has 0 N–H and O–H groups in total. The third kappa shape index (κ3) is 51.3. The molecule has 0 saturated carbocycles. The van der Waals surface area contributed by atoms with E-state index < -0.39 is 6.10 Å². The van der Waals surface area contributed by atoms with Gasteiger partial charge in [-0.15, -0.1) is 0 Å². The van der Waals surface area contributed by atoms with E-state index in [1.54, 1.807) is 0 Å². The summed E-state index contributed by atoms with van der Waals surface area (Å²) in [5, 5.41) is 0. The van der Waals surface area contributed by atoms with Crippen LogP contribution in [0, 0.1) is 0 Å². The first-order valence-electron chi connectivity index (χ1n) is 27.3. The molecule has 0 aliphatic heterocycles. The second-order valence-electron chi connectivity index (χ2n) is 17.9. The van der Waals surface area contributed by atoms with E-state index in [-0.39, 0.29) is 37.5 Å². The van der Waals surface area contributed by atoms with Crippen LogP contribution in [-0.2, 0) is 28.6 Å². The minimum atomic E-state index is -0.809. The summed E-state index contributed by atoms with van der Waals surface area (Å²) in [6.07, 6.45) is 71.0. The summed E-state index contributed by atoms with van der Waals surface area (Å²) in [5.74, 6) is -0.965. The fourth-order valence-electron chi connectivity index (χ4n) is 7.33. The van der Waals surface area contributed by atoms with Crippen molar-refractivity contribution in [3.8, 4) is 0 Å². The molecule has 0 saturated heterocycles. The summed E-state index contributed by atoms with van der Waals surface area (Å²) < 4.78 is 16.8. The summed E-state index contributed by atoms with van der Waals surface area (Å²) >= 11 is 0. The van der Waals surface area contributed by atoms with Crippen LogP contribution < -0.4 is 0 Å². The summed E-state index contributed by atoms with van der Waals surface area (Å²) in [6.45, 7) is 6.43. The number of carbonyl (C=O) groups excluding carboxylic acids is 3. The zero-order valence-corrected chi connectivity index (χ0v) is 42.9. The van der Waals surface area contributed by atoms with Gasteiger partial charge in [0.15, 0.2) is 6.10 Å². The average Bonchev–Trinajstić information content (AvgIpc) is 3.31. The predicted molar refractivity (Wildman–Crippen MR) is 284 cm³/mol. The van der Waals surface area contributed by atoms with Gasteiger partial charge in [0.05, 0.1) is 0 Å². The zero-order chi connectivity index (χ0) is 47.9. The van der Waals surface area contributed by atoms with Crippen LogP contribution in [0.5, 0.6) is 0 Å². The number of esters is 3. The van der Waals surface area contributed by atoms with E-state index in [1.807, 2.05) is 48.6 Å². The van der Waals surface area contributed by atoms with Crippen molar-refractivity contribution in [2.24, 2.45) is 0 Å². The molecule has 0 aliphatic rings. The lowest BCUT2D eigenvalue weighted by molar-refractivity contribution is -0.167. The van der Waals surface area contributed by atoms with Crippen LogP contribution in [-0.4, -0.2) is 37.2 Å². The number of rotatable bonds is 48. The molecule has 6 heteroatoms. The molecule has 0 spiro atoms. The largest absolute Gasteiger partial charge is 0.462 e. The Morgan fingerprint density at radius 1 is 0.318 bits per heavy atom. The van der Waals surface area contributed by atoms with Gasteiger partial charge in [0, 0.05) is 19.3 Å². The normalized spacial score (nSPS) is 12.8. The molecule has 1 unspecified atom stereocenters. The van der Waals surface area contributed by atoms with Gasteiger partial charge in [-0.2, -0.15) is 0 Å². The van der Waals surface area contributed by atoms with Crippen molar-refractivity contribution in [2.45, 2.75) is 252 Å². The van der Waals surface area contributed by atoms with Gasteiger partial charge in [-0.3, -0.25) is 14.4 Å². The molecule has 0 heterocycles. The molecule has 376 valence electrons. The van der Waals surface area contributed by atoms with E-state index in [2.05, 4.69) is 69.4 Å². The Balaban J connectivity index is 4.49. The average molecular weight is 917 g/mol. The van der Waals surface area contributed by atoms with Crippen molar-refractivity contribution in [1.82, 2.24) is 0 Å². The quantitative estimate of drug-likeness (QED) is 0.0199. The fourth-order valence-corrected chi connectivity index (χ4v) is 7.33. The second kappa shape index (κ2) is 53.9. The van der Waals surface area contributed by atoms with Crippen LogP contribution in [0.1, 0.15) is 245 Å². The number of carbonyl (C=O) groups is 3. The first-order chi connectivity index (χ1) is 32.5. The Morgan fingerprint density at radius 3 is 1.02 bits per heavy atom. The smallest absolute Gasteiger partial charge is 0.306 e. The molecule has 0 rings (SSSR count). The highest BCUT2D eigenvalue weighted by Gasteiger charge is 2.19. The highest BCUT2D eigenvalue weighted by molar-refractivity contribution is 5.71. The third-order valence-corrected chi connectivity index (χ3v) is 11.4. The van der Waals surface area contributed by atoms with E-state index >= 15 is 0 Å². The highest BCUT2D eigenvalue weighted by Crippen LogP contribution is 2.14. The number of hydrogen-bond acceptors (Lipinski definition) is 6. The molecule has 6 nitrogen and oxygen atoms in total. The topological polar surface area (TPSA) is 78.9 Å². The van der Waals surface area contributed by atoms with Gasteiger partial charge in [0.1, 0.15) is 13.2 Å². The minimum absolute atomic E-state index is 0.103. The van der Waals surface area contributed by atoms with Gasteiger partial charge in [0.25, 0.3) is 0 Å². The summed E-state index contributed by atoms with van der Waals surface area (Å²) in [5.41, 5.74) is 0. The fraction of sp³-hybridized carbons (Fsp3) is 0.683. The molecule has 66 heavy (non-hydrogen) atoms. The Hall–Kier alpha value is -3.67. The number of unbranched alkanes of at least 4 members (excludes halogenated alkanes) is 26. The van der Waals surface area contributed by atoms with E-state index in [9.17, 15) is 14.4 Å². The first kappa shape index (κ1) is 62.3. The number of allylic oxidation sites excluding steroid dienone is 16. The Morgan fingerprint density at radius 2 is 0.606 bits per heavy atom. The van der Waals surface area contributed by atoms with E-state index in [1.165, 1.54) is 116 Å². The molecular weight excluding hydrogens is 817 g/mol. The van der Waals surface area contributed by atoms with Crippen LogP contribution in [0.25, 0.3) is 0 Å². The summed E-state index contributed by atoms with van der Waals surface area (Å²) in [6, 6.07) is 0. The molecule has 0 radical (unpaired) electrons. The van der Waals surface area contributed by atoms with Crippen molar-refractivity contribution < 1.29 is 28.6 Å². The molecule has 1 atom stereocenters. The number of hydrogen-bond donors (Lipinski definition) is 0. The number of ether oxygens (including phenoxy) is 3. The van der Waals surface area contributed by atoms with Crippen molar-refractivity contribution >= 4 is 17.9 Å². The zero-order valence-electron chi connectivity index (χ0n) is 42.9. The van der Waals surface area contributed by atoms with Crippen molar-refractivity contribution in [3.63, 3.8) is 0 Å². The van der Waals surface area contributed by atoms with Gasteiger partial charge in [-0.1, -0.05) is 234 Å². The lowest BCUT2D eigenvalue weighted by Gasteiger charge is -2.18. The third-order valence-electron chi connectivity index (χ3n) is 11.4. The lowest BCUT2D eigenvalue weighted by atomic mass is 10.1. The maximum Gasteiger partial charge on any atom is 0.306 e. The van der Waals surface area contributed by atoms with Gasteiger partial charge >= 0.3 is 17.9 Å². The Labute approximate surface area is 407 Å². The SMILES string of the molecule is CC\C=C/C=C\C=C/C=C\C=C/CCCCCC(=O)OC(COC(=O)CCCCCCC/C=C\C=C/CCCCCCCCC)COC(=O)CCCCCCCCC/C=C\CCCCCC. The van der Waals surface area contributed by atoms with Gasteiger partial charge < -0.3 is 14.2 Å². The van der Waals surface area contributed by atoms with E-state index in [0.717, 1.165) is 83.5 Å². The van der Waals surface area contributed by atoms with E-state index in [4.69, 9.17) is 14.2 Å². The molecule has 0 fully saturated rings. The molecule has 0 aromatic heterocycles. The predicted octanol–water partition coefficient (Wildman–Crippen LogP) is 18.1. The van der Waals surface area contributed by atoms with E-state index in [0.29, 0.717) is 19.3 Å². The van der Waals surface area contributed by atoms with Crippen LogP contribution >= 0.6 is 0 Å². The highest BCUT2D eigenvalue weighted by atomic mass is 16.6. The monoisotopic (exact) mass is 917 g/mol. The Bertz CT molecular complexity index is 1330. The lowest BCUT2D eigenvalue weighted by Crippen LogP contribution is -2.30. The molecular formula is C60H100O6. The van der Waals surface area contributed by atoms with Crippen molar-refractivity contribution in [1.29, 1.82) is 0 Å². The van der Waals surface area contributed by atoms with Crippen molar-refractivity contribution in [3.05, 3.63) is 97.2 Å². The van der Waals surface area contributed by atoms with Gasteiger partial charge in [-0.25, -0.2) is 0 Å². The maximum absolute atomic E-state index is 12.8. The minimum Gasteiger partial charge on any atom is -0.462 e. The van der Waals surface area contributed by atoms with Crippen LogP contribution in [0.3, 0.4) is 0 Å². The second-order valence-corrected chi connectivity index (χ2v) is 17.9. The maximum atomic E-state index is 12.8. The van der Waals surface area contributed by atoms with Crippen molar-refractivity contribution in [2.75, 3.05) is 13.2 Å². The standard InChI is InChI=1S/C60H100O6/c1-4-7-10-13-16-19-22-25-28-29-30-33-35-38-41-44-47-50-53-59(62)65-56-57(66-60(63)54-51-48-45-42-39-36-32-27-24-21-18-15-12-9-6-3)55-64-58(61)52-49-46-43-40-37-34-31-26-23-20-17-14-11-8-5-2/h9,12,15,18,20-21,23-24,27-30,32-33,36,39,57H,4-8,10-11,13-14,16-17,19,22,25-26,31,34-35,37-38,40-56H2,1-3H3/b12-9-,18-15-,23-20-,24-21-,29-28-,32-27-,33-30-,39-36-. The summed E-state index contributed by atoms with van der Waals surface area (Å²) in [4.78, 5) is 38.1. The molecule has 0 aliphatic carbocycles. The Kier molecular flexibility index (Phi) is 50.9. The van der Waals surface area contributed by atoms with Gasteiger partial charge in [0.2, 0.25) is 0 Å². The molecule has 0 amide bonds. The molecule has 0 bridgehead atoms.